The summed E-state index contributed by atoms with van der Waals surface area (Å²) in [5, 5.41) is 8.38. The predicted molar refractivity (Wildman–Crippen MR) is 39.5 cm³/mol. The monoisotopic (exact) mass is 162 g/mol. The van der Waals surface area contributed by atoms with Crippen molar-refractivity contribution in [3.05, 3.63) is 0 Å². The highest BCUT2D eigenvalue weighted by atomic mass is 16.5. The van der Waals surface area contributed by atoms with E-state index >= 15 is 0 Å². The van der Waals surface area contributed by atoms with Gasteiger partial charge in [-0.2, -0.15) is 0 Å². The summed E-state index contributed by atoms with van der Waals surface area (Å²) < 4.78 is 9.68. The average molecular weight is 162 g/mol. The first-order valence-electron chi connectivity index (χ1n) is 3.52. The van der Waals surface area contributed by atoms with E-state index in [0.717, 1.165) is 6.42 Å². The molecule has 1 N–H and O–H groups in total. The topological polar surface area (TPSA) is 55.8 Å². The number of methoxy groups -OCH3 is 1. The minimum Gasteiger partial charge on any atom is -0.479 e. The van der Waals surface area contributed by atoms with E-state index in [1.165, 1.54) is 6.92 Å². The van der Waals surface area contributed by atoms with Gasteiger partial charge in [0, 0.05) is 20.3 Å². The summed E-state index contributed by atoms with van der Waals surface area (Å²) in [5.74, 6) is -0.928. The highest BCUT2D eigenvalue weighted by Gasteiger charge is 2.09. The van der Waals surface area contributed by atoms with Crippen LogP contribution in [0.15, 0.2) is 0 Å². The maximum absolute atomic E-state index is 10.2. The van der Waals surface area contributed by atoms with E-state index in [4.69, 9.17) is 14.6 Å². The SMILES string of the molecule is COCCCO[C@H](C)C(=O)O. The molecular formula is C7H14O4. The lowest BCUT2D eigenvalue weighted by molar-refractivity contribution is -0.149. The van der Waals surface area contributed by atoms with Gasteiger partial charge in [0.15, 0.2) is 6.10 Å². The van der Waals surface area contributed by atoms with Gasteiger partial charge in [-0.05, 0) is 13.3 Å². The number of ether oxygens (including phenoxy) is 2. The van der Waals surface area contributed by atoms with Crippen LogP contribution in [-0.2, 0) is 14.3 Å². The van der Waals surface area contributed by atoms with Crippen molar-refractivity contribution in [2.24, 2.45) is 0 Å². The molecule has 0 aromatic heterocycles. The molecule has 0 amide bonds. The van der Waals surface area contributed by atoms with E-state index in [9.17, 15) is 4.79 Å². The van der Waals surface area contributed by atoms with Crippen LogP contribution in [0.5, 0.6) is 0 Å². The molecule has 0 saturated carbocycles. The number of aliphatic carboxylic acids is 1. The number of carboxylic acid groups (broad SMARTS) is 1. The minimum absolute atomic E-state index is 0.432. The number of hydrogen-bond acceptors (Lipinski definition) is 3. The molecule has 0 radical (unpaired) electrons. The average Bonchev–Trinajstić information content (AvgIpc) is 1.97. The van der Waals surface area contributed by atoms with Gasteiger partial charge in [-0.15, -0.1) is 0 Å². The quantitative estimate of drug-likeness (QED) is 0.578. The summed E-state index contributed by atoms with van der Waals surface area (Å²) >= 11 is 0. The van der Waals surface area contributed by atoms with Gasteiger partial charge in [0.1, 0.15) is 0 Å². The summed E-state index contributed by atoms with van der Waals surface area (Å²) in [5.41, 5.74) is 0. The molecule has 0 rings (SSSR count). The van der Waals surface area contributed by atoms with E-state index in [2.05, 4.69) is 0 Å². The molecule has 0 bridgehead atoms. The molecule has 0 aromatic carbocycles. The fourth-order valence-corrected chi connectivity index (χ4v) is 0.535. The fourth-order valence-electron chi connectivity index (χ4n) is 0.535. The smallest absolute Gasteiger partial charge is 0.332 e. The molecule has 4 heteroatoms. The maximum Gasteiger partial charge on any atom is 0.332 e. The van der Waals surface area contributed by atoms with Crippen molar-refractivity contribution in [2.45, 2.75) is 19.4 Å². The molecule has 0 fully saturated rings. The van der Waals surface area contributed by atoms with E-state index in [-0.39, 0.29) is 0 Å². The third-order valence-corrected chi connectivity index (χ3v) is 1.21. The van der Waals surface area contributed by atoms with Crippen molar-refractivity contribution >= 4 is 5.97 Å². The van der Waals surface area contributed by atoms with E-state index < -0.39 is 12.1 Å². The second-order valence-corrected chi connectivity index (χ2v) is 2.20. The minimum atomic E-state index is -0.928. The molecule has 4 nitrogen and oxygen atoms in total. The van der Waals surface area contributed by atoms with Crippen LogP contribution in [-0.4, -0.2) is 37.5 Å². The van der Waals surface area contributed by atoms with Crippen LogP contribution < -0.4 is 0 Å². The summed E-state index contributed by atoms with van der Waals surface area (Å²) in [6, 6.07) is 0. The largest absolute Gasteiger partial charge is 0.479 e. The van der Waals surface area contributed by atoms with E-state index in [1.54, 1.807) is 7.11 Å². The van der Waals surface area contributed by atoms with Crippen LogP contribution in [0.1, 0.15) is 13.3 Å². The summed E-state index contributed by atoms with van der Waals surface area (Å²) in [4.78, 5) is 10.2. The molecule has 1 atom stereocenters. The van der Waals surface area contributed by atoms with Crippen molar-refractivity contribution in [3.8, 4) is 0 Å². The molecule has 0 heterocycles. The van der Waals surface area contributed by atoms with E-state index in [0.29, 0.717) is 13.2 Å². The lowest BCUT2D eigenvalue weighted by Crippen LogP contribution is -2.20. The standard InChI is InChI=1S/C7H14O4/c1-6(7(8)9)11-5-3-4-10-2/h6H,3-5H2,1-2H3,(H,8,9)/t6-/m1/s1. The first-order valence-corrected chi connectivity index (χ1v) is 3.52. The molecule has 0 unspecified atom stereocenters. The van der Waals surface area contributed by atoms with Crippen LogP contribution >= 0.6 is 0 Å². The zero-order chi connectivity index (χ0) is 8.69. The molecular weight excluding hydrogens is 148 g/mol. The summed E-state index contributed by atoms with van der Waals surface area (Å²) in [6.45, 7) is 2.54. The van der Waals surface area contributed by atoms with Gasteiger partial charge in [-0.1, -0.05) is 0 Å². The fraction of sp³-hybridized carbons (Fsp3) is 0.857. The molecule has 0 aromatic rings. The van der Waals surface area contributed by atoms with Crippen molar-refractivity contribution in [1.82, 2.24) is 0 Å². The van der Waals surface area contributed by atoms with Gasteiger partial charge in [0.2, 0.25) is 0 Å². The van der Waals surface area contributed by atoms with Crippen molar-refractivity contribution < 1.29 is 19.4 Å². The first-order chi connectivity index (χ1) is 5.18. The Hall–Kier alpha value is -0.610. The van der Waals surface area contributed by atoms with Crippen molar-refractivity contribution in [1.29, 1.82) is 0 Å². The molecule has 0 aliphatic carbocycles. The van der Waals surface area contributed by atoms with Crippen LogP contribution in [0, 0.1) is 0 Å². The third kappa shape index (κ3) is 5.82. The van der Waals surface area contributed by atoms with Crippen LogP contribution in [0.3, 0.4) is 0 Å². The Bertz CT molecular complexity index is 113. The van der Waals surface area contributed by atoms with Gasteiger partial charge < -0.3 is 14.6 Å². The number of hydrogen-bond donors (Lipinski definition) is 1. The Morgan fingerprint density at radius 3 is 2.64 bits per heavy atom. The Kier molecular flexibility index (Phi) is 5.78. The maximum atomic E-state index is 10.2. The van der Waals surface area contributed by atoms with Crippen molar-refractivity contribution in [2.75, 3.05) is 20.3 Å². The van der Waals surface area contributed by atoms with Crippen LogP contribution in [0.2, 0.25) is 0 Å². The highest BCUT2D eigenvalue weighted by molar-refractivity contribution is 5.71. The second-order valence-electron chi connectivity index (χ2n) is 2.20. The molecule has 0 aliphatic rings. The Balaban J connectivity index is 3.17. The molecule has 0 spiro atoms. The Labute approximate surface area is 66.1 Å². The van der Waals surface area contributed by atoms with E-state index in [1.807, 2.05) is 0 Å². The van der Waals surface area contributed by atoms with Crippen LogP contribution in [0.4, 0.5) is 0 Å². The Morgan fingerprint density at radius 1 is 1.55 bits per heavy atom. The number of rotatable bonds is 6. The van der Waals surface area contributed by atoms with Gasteiger partial charge in [0.25, 0.3) is 0 Å². The second kappa shape index (κ2) is 6.12. The van der Waals surface area contributed by atoms with Gasteiger partial charge in [0.05, 0.1) is 0 Å². The van der Waals surface area contributed by atoms with Crippen molar-refractivity contribution in [3.63, 3.8) is 0 Å². The summed E-state index contributed by atoms with van der Waals surface area (Å²) in [7, 11) is 1.60. The lowest BCUT2D eigenvalue weighted by atomic mass is 10.4. The highest BCUT2D eigenvalue weighted by Crippen LogP contribution is 1.92. The predicted octanol–water partition coefficient (Wildman–Crippen LogP) is 0.513. The zero-order valence-corrected chi connectivity index (χ0v) is 6.87. The van der Waals surface area contributed by atoms with Gasteiger partial charge in [-0.25, -0.2) is 4.79 Å². The first kappa shape index (κ1) is 10.4. The van der Waals surface area contributed by atoms with Gasteiger partial charge >= 0.3 is 5.97 Å². The normalized spacial score (nSPS) is 12.9. The van der Waals surface area contributed by atoms with Crippen LogP contribution in [0.25, 0.3) is 0 Å². The number of carboxylic acids is 1. The molecule has 0 saturated heterocycles. The van der Waals surface area contributed by atoms with Gasteiger partial charge in [-0.3, -0.25) is 0 Å². The Morgan fingerprint density at radius 2 is 2.18 bits per heavy atom. The number of carbonyl (C=O) groups is 1. The lowest BCUT2D eigenvalue weighted by Gasteiger charge is -2.06. The summed E-state index contributed by atoms with van der Waals surface area (Å²) in [6.07, 6.45) is 0.0144. The zero-order valence-electron chi connectivity index (χ0n) is 6.87. The third-order valence-electron chi connectivity index (χ3n) is 1.21. The molecule has 11 heavy (non-hydrogen) atoms. The molecule has 66 valence electrons. The molecule has 0 aliphatic heterocycles.